The van der Waals surface area contributed by atoms with Crippen molar-refractivity contribution in [1.82, 2.24) is 9.29 Å². The maximum Gasteiger partial charge on any atom is 0.301 e. The van der Waals surface area contributed by atoms with Gasteiger partial charge in [-0.2, -0.15) is 21.1 Å². The van der Waals surface area contributed by atoms with Crippen LogP contribution in [0, 0.1) is 11.8 Å². The first-order chi connectivity index (χ1) is 18.0. The van der Waals surface area contributed by atoms with E-state index in [1.807, 2.05) is 13.8 Å². The highest BCUT2D eigenvalue weighted by molar-refractivity contribution is 7.91. The molecule has 4 heterocycles. The molecular formula is C24H28N6O6S2. The van der Waals surface area contributed by atoms with E-state index in [4.69, 9.17) is 0 Å². The second-order valence-electron chi connectivity index (χ2n) is 9.85. The van der Waals surface area contributed by atoms with Crippen molar-refractivity contribution in [2.75, 3.05) is 34.6 Å². The van der Waals surface area contributed by atoms with E-state index >= 15 is 0 Å². The fourth-order valence-electron chi connectivity index (χ4n) is 4.69. The number of Topliss-reactive ketones (excluding diaryl/α,β-unsaturated/α-hetero) is 1. The van der Waals surface area contributed by atoms with Gasteiger partial charge in [0.15, 0.2) is 11.7 Å². The van der Waals surface area contributed by atoms with E-state index in [-0.39, 0.29) is 39.4 Å². The number of aromatic nitrogens is 1. The summed E-state index contributed by atoms with van der Waals surface area (Å²) in [6, 6.07) is 7.10. The van der Waals surface area contributed by atoms with Crippen molar-refractivity contribution < 1.29 is 26.4 Å². The molecule has 1 aromatic carbocycles. The molecule has 38 heavy (non-hydrogen) atoms. The molecule has 0 bridgehead atoms. The third-order valence-corrected chi connectivity index (χ3v) is 9.55. The first-order valence-electron chi connectivity index (χ1n) is 12.3. The molecule has 1 unspecified atom stereocenters. The number of hydrogen-bond acceptors (Lipinski definition) is 8. The highest BCUT2D eigenvalue weighted by atomic mass is 32.2. The van der Waals surface area contributed by atoms with Crippen molar-refractivity contribution in [1.29, 1.82) is 0 Å². The number of fused-ring (bicyclic) bond motifs is 2. The Morgan fingerprint density at radius 1 is 1.16 bits per heavy atom. The fourth-order valence-corrected chi connectivity index (χ4v) is 7.16. The van der Waals surface area contributed by atoms with E-state index in [9.17, 15) is 26.4 Å². The molecular weight excluding hydrogens is 532 g/mol. The molecule has 3 aliphatic heterocycles. The summed E-state index contributed by atoms with van der Waals surface area (Å²) in [5.41, 5.74) is 0.356. The van der Waals surface area contributed by atoms with Gasteiger partial charge in [-0.3, -0.25) is 19.2 Å². The smallest absolute Gasteiger partial charge is 0.301 e. The lowest BCUT2D eigenvalue weighted by Gasteiger charge is -2.34. The highest BCUT2D eigenvalue weighted by Gasteiger charge is 2.45. The van der Waals surface area contributed by atoms with Crippen LogP contribution >= 0.6 is 0 Å². The van der Waals surface area contributed by atoms with Gasteiger partial charge in [0.1, 0.15) is 16.5 Å². The Hall–Kier alpha value is -3.36. The monoisotopic (exact) mass is 560 g/mol. The molecule has 202 valence electrons. The Kier molecular flexibility index (Phi) is 6.73. The predicted molar refractivity (Wildman–Crippen MR) is 142 cm³/mol. The Labute approximate surface area is 221 Å². The minimum atomic E-state index is -4.37. The Morgan fingerprint density at radius 3 is 2.61 bits per heavy atom. The average Bonchev–Trinajstić information content (AvgIpc) is 3.40. The van der Waals surface area contributed by atoms with Gasteiger partial charge in [-0.1, -0.05) is 13.8 Å². The lowest BCUT2D eigenvalue weighted by atomic mass is 9.90. The number of rotatable bonds is 7. The van der Waals surface area contributed by atoms with Gasteiger partial charge in [0.2, 0.25) is 5.91 Å². The van der Waals surface area contributed by atoms with Gasteiger partial charge in [0.05, 0.1) is 16.9 Å². The normalized spacial score (nSPS) is 21.1. The van der Waals surface area contributed by atoms with Crippen LogP contribution in [0.2, 0.25) is 0 Å². The van der Waals surface area contributed by atoms with Crippen LogP contribution in [0.3, 0.4) is 0 Å². The maximum absolute atomic E-state index is 13.5. The lowest BCUT2D eigenvalue weighted by molar-refractivity contribution is -0.119. The minimum Gasteiger partial charge on any atom is -0.341 e. The third kappa shape index (κ3) is 4.78. The molecule has 1 atom stereocenters. The number of nitrogens with zero attached hydrogens (tertiary/aromatic N) is 4. The maximum atomic E-state index is 13.5. The number of carbonyl (C=O) groups excluding carboxylic acids is 2. The molecule has 2 aromatic rings. The minimum absolute atomic E-state index is 0.0596. The molecule has 0 radical (unpaired) electrons. The summed E-state index contributed by atoms with van der Waals surface area (Å²) in [7, 11) is -8.20. The molecule has 1 amide bonds. The zero-order chi connectivity index (χ0) is 27.2. The van der Waals surface area contributed by atoms with Gasteiger partial charge >= 0.3 is 10.2 Å². The molecule has 1 aromatic heterocycles. The van der Waals surface area contributed by atoms with Crippen molar-refractivity contribution in [2.45, 2.75) is 38.0 Å². The van der Waals surface area contributed by atoms with Gasteiger partial charge in [0, 0.05) is 25.8 Å². The summed E-state index contributed by atoms with van der Waals surface area (Å²) in [6.07, 6.45) is 3.67. The van der Waals surface area contributed by atoms with Crippen LogP contribution in [0.5, 0.6) is 0 Å². The number of anilines is 3. The number of pyridine rings is 1. The van der Waals surface area contributed by atoms with Crippen LogP contribution in [-0.2, 0) is 25.0 Å². The van der Waals surface area contributed by atoms with Gasteiger partial charge < -0.3 is 5.32 Å². The Balaban J connectivity index is 1.47. The van der Waals surface area contributed by atoms with Crippen molar-refractivity contribution in [2.24, 2.45) is 16.2 Å². The summed E-state index contributed by atoms with van der Waals surface area (Å²) >= 11 is 0. The Morgan fingerprint density at radius 2 is 1.89 bits per heavy atom. The molecule has 5 rings (SSSR count). The van der Waals surface area contributed by atoms with Gasteiger partial charge in [-0.25, -0.2) is 4.98 Å². The topological polar surface area (TPSA) is 158 Å². The van der Waals surface area contributed by atoms with Crippen molar-refractivity contribution >= 4 is 55.0 Å². The number of ketones is 1. The van der Waals surface area contributed by atoms with E-state index in [1.54, 1.807) is 12.1 Å². The van der Waals surface area contributed by atoms with Gasteiger partial charge in [-0.15, -0.1) is 4.40 Å². The van der Waals surface area contributed by atoms with E-state index in [1.165, 1.54) is 33.6 Å². The van der Waals surface area contributed by atoms with Crippen LogP contribution < -0.4 is 14.9 Å². The first kappa shape index (κ1) is 26.3. The molecule has 1 fully saturated rings. The number of amides is 1. The largest absolute Gasteiger partial charge is 0.341 e. The number of sulfonamides is 1. The van der Waals surface area contributed by atoms with E-state index < -0.39 is 37.8 Å². The molecule has 12 nitrogen and oxygen atoms in total. The van der Waals surface area contributed by atoms with E-state index in [0.717, 1.165) is 12.8 Å². The van der Waals surface area contributed by atoms with Crippen LogP contribution in [0.1, 0.15) is 43.5 Å². The number of hydrogen-bond donors (Lipinski definition) is 2. The van der Waals surface area contributed by atoms with Gasteiger partial charge in [-0.05, 0) is 55.5 Å². The van der Waals surface area contributed by atoms with Crippen molar-refractivity contribution in [3.05, 3.63) is 42.1 Å². The van der Waals surface area contributed by atoms with E-state index in [2.05, 4.69) is 19.4 Å². The number of carbonyl (C=O) groups is 2. The molecule has 0 spiro atoms. The second-order valence-corrected chi connectivity index (χ2v) is 13.1. The Bertz CT molecular complexity index is 1550. The summed E-state index contributed by atoms with van der Waals surface area (Å²) in [6.45, 7) is 5.11. The highest BCUT2D eigenvalue weighted by Crippen LogP contribution is 2.35. The third-order valence-electron chi connectivity index (χ3n) is 6.68. The zero-order valence-corrected chi connectivity index (χ0v) is 22.5. The van der Waals surface area contributed by atoms with Crippen molar-refractivity contribution in [3.63, 3.8) is 0 Å². The number of nitrogens with one attached hydrogen (secondary N) is 2. The molecule has 3 aliphatic rings. The zero-order valence-electron chi connectivity index (χ0n) is 20.9. The average molecular weight is 561 g/mol. The fraction of sp³-hybridized carbons (Fsp3) is 0.417. The summed E-state index contributed by atoms with van der Waals surface area (Å²) in [4.78, 5) is 32.3. The number of benzene rings is 1. The quantitative estimate of drug-likeness (QED) is 0.488. The molecule has 14 heteroatoms. The summed E-state index contributed by atoms with van der Waals surface area (Å²) < 4.78 is 59.1. The molecule has 2 N–H and O–H groups in total. The lowest BCUT2D eigenvalue weighted by Crippen LogP contribution is -2.51. The van der Waals surface area contributed by atoms with Crippen LogP contribution in [0.25, 0.3) is 0 Å². The first-order valence-corrected chi connectivity index (χ1v) is 15.2. The van der Waals surface area contributed by atoms with Crippen LogP contribution in [-0.4, -0.2) is 63.3 Å². The summed E-state index contributed by atoms with van der Waals surface area (Å²) in [5.74, 6) is -2.48. The molecule has 0 saturated carbocycles. The van der Waals surface area contributed by atoms with Gasteiger partial charge in [0.25, 0.3) is 10.0 Å². The van der Waals surface area contributed by atoms with Crippen LogP contribution in [0.15, 0.2) is 45.8 Å². The predicted octanol–water partition coefficient (Wildman–Crippen LogP) is 2.24. The molecule has 1 saturated heterocycles. The number of amidine groups is 1. The summed E-state index contributed by atoms with van der Waals surface area (Å²) in [5, 5.41) is 2.84. The SMILES string of the molecule is CC(C)CCN1C(=O)C(C2=NS(=O)(=O)c3cc(NS(=O)(=O)N4CCCC4)ccc3N2)C(=O)c2cccnc21. The van der Waals surface area contributed by atoms with Crippen LogP contribution in [0.4, 0.5) is 17.2 Å². The second kappa shape index (κ2) is 9.75. The van der Waals surface area contributed by atoms with Crippen molar-refractivity contribution in [3.8, 4) is 0 Å². The molecule has 0 aliphatic carbocycles. The standard InChI is InChI=1S/C24H28N6O6S2/c1-15(2)9-13-30-23-17(6-5-10-25-23)21(31)20(24(30)32)22-26-18-8-7-16(14-19(18)37(33,34)28-22)27-38(35,36)29-11-3-4-12-29/h5-8,10,14-15,20,27H,3-4,9,11-13H2,1-2H3,(H,26,28). The van der Waals surface area contributed by atoms with E-state index in [0.29, 0.717) is 26.1 Å².